The highest BCUT2D eigenvalue weighted by molar-refractivity contribution is 5.82. The van der Waals surface area contributed by atoms with E-state index in [9.17, 15) is 9.59 Å². The van der Waals surface area contributed by atoms with Crippen LogP contribution in [0.2, 0.25) is 0 Å². The van der Waals surface area contributed by atoms with E-state index in [1.54, 1.807) is 4.90 Å². The summed E-state index contributed by atoms with van der Waals surface area (Å²) < 4.78 is 11.2. The van der Waals surface area contributed by atoms with Crippen molar-refractivity contribution >= 4 is 12.1 Å². The van der Waals surface area contributed by atoms with E-state index in [1.807, 2.05) is 69.3 Å². The van der Waals surface area contributed by atoms with Gasteiger partial charge in [-0.15, -0.1) is 0 Å². The molecule has 0 radical (unpaired) electrons. The number of carbonyl (C=O) groups excluding carboxylic acids is 2. The molecule has 1 aliphatic heterocycles. The summed E-state index contributed by atoms with van der Waals surface area (Å²) in [7, 11) is 0. The van der Waals surface area contributed by atoms with Crippen LogP contribution in [0.5, 0.6) is 0 Å². The van der Waals surface area contributed by atoms with Crippen molar-refractivity contribution in [3.63, 3.8) is 0 Å². The number of likely N-dealkylation sites (tertiary alicyclic amines) is 1. The van der Waals surface area contributed by atoms with Crippen molar-refractivity contribution in [1.29, 1.82) is 0 Å². The van der Waals surface area contributed by atoms with Gasteiger partial charge < -0.3 is 9.47 Å². The quantitative estimate of drug-likeness (QED) is 0.398. The van der Waals surface area contributed by atoms with E-state index >= 15 is 0 Å². The summed E-state index contributed by atoms with van der Waals surface area (Å²) in [6.45, 7) is 6.13. The molecule has 1 fully saturated rings. The minimum atomic E-state index is -0.657. The van der Waals surface area contributed by atoms with Crippen LogP contribution in [0.1, 0.15) is 38.3 Å². The van der Waals surface area contributed by atoms with Gasteiger partial charge in [0.1, 0.15) is 18.2 Å². The van der Waals surface area contributed by atoms with Crippen LogP contribution < -0.4 is 0 Å². The van der Waals surface area contributed by atoms with Gasteiger partial charge in [-0.05, 0) is 61.8 Å². The van der Waals surface area contributed by atoms with E-state index in [2.05, 4.69) is 36.4 Å². The fraction of sp³-hybridized carbons (Fsp3) is 0.333. The lowest BCUT2D eigenvalue weighted by Crippen LogP contribution is -2.44. The number of hydrogen-bond acceptors (Lipinski definition) is 4. The fourth-order valence-electron chi connectivity index (χ4n) is 4.48. The molecule has 3 aromatic rings. The van der Waals surface area contributed by atoms with E-state index in [4.69, 9.17) is 9.47 Å². The average molecular weight is 472 g/mol. The maximum absolute atomic E-state index is 13.1. The van der Waals surface area contributed by atoms with E-state index in [1.165, 1.54) is 11.1 Å². The summed E-state index contributed by atoms with van der Waals surface area (Å²) in [5.74, 6) is -0.261. The molecule has 1 saturated heterocycles. The molecule has 0 unspecified atom stereocenters. The van der Waals surface area contributed by atoms with Crippen molar-refractivity contribution < 1.29 is 19.1 Å². The van der Waals surface area contributed by atoms with Crippen LogP contribution in [0.4, 0.5) is 4.79 Å². The lowest BCUT2D eigenvalue weighted by atomic mass is 9.94. The molecule has 1 aliphatic rings. The van der Waals surface area contributed by atoms with Gasteiger partial charge in [-0.3, -0.25) is 4.90 Å². The molecule has 182 valence electrons. The second kappa shape index (κ2) is 10.8. The van der Waals surface area contributed by atoms with Crippen molar-refractivity contribution in [3.05, 3.63) is 96.1 Å². The van der Waals surface area contributed by atoms with E-state index in [-0.39, 0.29) is 18.5 Å². The molecule has 0 bridgehead atoms. The summed E-state index contributed by atoms with van der Waals surface area (Å²) in [6.07, 6.45) is 0.838. The summed E-state index contributed by atoms with van der Waals surface area (Å²) in [6, 6.07) is 27.6. The molecule has 5 nitrogen and oxygen atoms in total. The number of carbonyl (C=O) groups is 2. The highest BCUT2D eigenvalue weighted by Gasteiger charge is 2.42. The third-order valence-corrected chi connectivity index (χ3v) is 6.07. The van der Waals surface area contributed by atoms with Crippen molar-refractivity contribution in [3.8, 4) is 11.1 Å². The number of ether oxygens (including phenoxy) is 2. The normalized spacial score (nSPS) is 17.7. The van der Waals surface area contributed by atoms with Crippen LogP contribution in [0.3, 0.4) is 0 Å². The summed E-state index contributed by atoms with van der Waals surface area (Å²) >= 11 is 0. The first kappa shape index (κ1) is 24.5. The van der Waals surface area contributed by atoms with Crippen LogP contribution >= 0.6 is 0 Å². The molecule has 0 aliphatic carbocycles. The third-order valence-electron chi connectivity index (χ3n) is 6.07. The highest BCUT2D eigenvalue weighted by Crippen LogP contribution is 2.30. The Labute approximate surface area is 207 Å². The second-order valence-electron chi connectivity index (χ2n) is 10.1. The van der Waals surface area contributed by atoms with E-state index < -0.39 is 17.7 Å². The third kappa shape index (κ3) is 6.72. The Kier molecular flexibility index (Phi) is 7.54. The van der Waals surface area contributed by atoms with Gasteiger partial charge in [-0.1, -0.05) is 84.9 Å². The molecule has 5 heteroatoms. The zero-order chi connectivity index (χ0) is 24.8. The van der Waals surface area contributed by atoms with Crippen molar-refractivity contribution in [1.82, 2.24) is 4.90 Å². The first-order valence-electron chi connectivity index (χ1n) is 12.1. The highest BCUT2D eigenvalue weighted by atomic mass is 16.6. The molecule has 0 N–H and O–H groups in total. The molecule has 0 spiro atoms. The smallest absolute Gasteiger partial charge is 0.411 e. The second-order valence-corrected chi connectivity index (χ2v) is 10.1. The number of rotatable bonds is 6. The Morgan fingerprint density at radius 1 is 0.857 bits per heavy atom. The Morgan fingerprint density at radius 2 is 1.49 bits per heavy atom. The maximum Gasteiger partial charge on any atom is 0.411 e. The van der Waals surface area contributed by atoms with E-state index in [0.29, 0.717) is 13.0 Å². The SMILES string of the molecule is CC(C)(C)OC(=O)N1C[C@@H](Cc2cccc(-c3ccccc3)c2)C[C@@H]1C(=O)OCc1ccccc1. The Morgan fingerprint density at radius 3 is 2.17 bits per heavy atom. The standard InChI is InChI=1S/C30H33NO4/c1-30(2,3)35-29(33)31-20-24(19-27(31)28(32)34-21-22-11-6-4-7-12-22)17-23-13-10-16-26(18-23)25-14-8-5-9-15-25/h4-16,18,24,27H,17,19-21H2,1-3H3/t24-,27+/m0/s1. The van der Waals surface area contributed by atoms with Crippen LogP contribution in [-0.2, 0) is 27.3 Å². The lowest BCUT2D eigenvalue weighted by molar-refractivity contribution is -0.150. The molecule has 4 rings (SSSR count). The molecular weight excluding hydrogens is 438 g/mol. The number of amides is 1. The van der Waals surface area contributed by atoms with Crippen molar-refractivity contribution in [2.45, 2.75) is 51.9 Å². The minimum Gasteiger partial charge on any atom is -0.459 e. The molecule has 35 heavy (non-hydrogen) atoms. The number of nitrogens with zero attached hydrogens (tertiary/aromatic N) is 1. The number of benzene rings is 3. The molecule has 3 aromatic carbocycles. The van der Waals surface area contributed by atoms with Gasteiger partial charge in [0.25, 0.3) is 0 Å². The zero-order valence-corrected chi connectivity index (χ0v) is 20.6. The minimum absolute atomic E-state index is 0.128. The van der Waals surface area contributed by atoms with Gasteiger partial charge in [0.15, 0.2) is 0 Å². The van der Waals surface area contributed by atoms with Gasteiger partial charge >= 0.3 is 12.1 Å². The van der Waals surface area contributed by atoms with Crippen molar-refractivity contribution in [2.24, 2.45) is 5.92 Å². The van der Waals surface area contributed by atoms with Gasteiger partial charge in [0.2, 0.25) is 0 Å². The lowest BCUT2D eigenvalue weighted by Gasteiger charge is -2.27. The first-order valence-corrected chi connectivity index (χ1v) is 12.1. The molecule has 2 atom stereocenters. The molecule has 0 saturated carbocycles. The van der Waals surface area contributed by atoms with Crippen molar-refractivity contribution in [2.75, 3.05) is 6.54 Å². The monoisotopic (exact) mass is 471 g/mol. The van der Waals surface area contributed by atoms with Crippen LogP contribution in [0.25, 0.3) is 11.1 Å². The topological polar surface area (TPSA) is 55.8 Å². The van der Waals surface area contributed by atoms with E-state index in [0.717, 1.165) is 17.5 Å². The predicted molar refractivity (Wildman–Crippen MR) is 137 cm³/mol. The maximum atomic E-state index is 13.1. The zero-order valence-electron chi connectivity index (χ0n) is 20.6. The average Bonchev–Trinajstić information content (AvgIpc) is 3.27. The van der Waals surface area contributed by atoms with Crippen LogP contribution in [-0.4, -0.2) is 35.2 Å². The summed E-state index contributed by atoms with van der Waals surface area (Å²) in [5.41, 5.74) is 3.77. The number of esters is 1. The largest absolute Gasteiger partial charge is 0.459 e. The Balaban J connectivity index is 1.48. The first-order chi connectivity index (χ1) is 16.8. The Bertz CT molecular complexity index is 1140. The fourth-order valence-corrected chi connectivity index (χ4v) is 4.48. The molecular formula is C30H33NO4. The summed E-state index contributed by atoms with van der Waals surface area (Å²) in [5, 5.41) is 0. The molecule has 1 amide bonds. The number of hydrogen-bond donors (Lipinski definition) is 0. The van der Waals surface area contributed by atoms with Gasteiger partial charge in [-0.25, -0.2) is 9.59 Å². The predicted octanol–water partition coefficient (Wildman–Crippen LogP) is 6.27. The van der Waals surface area contributed by atoms with Gasteiger partial charge in [0, 0.05) is 6.54 Å². The van der Waals surface area contributed by atoms with Gasteiger partial charge in [0.05, 0.1) is 0 Å². The Hall–Kier alpha value is -3.60. The van der Waals surface area contributed by atoms with Crippen LogP contribution in [0, 0.1) is 5.92 Å². The van der Waals surface area contributed by atoms with Crippen LogP contribution in [0.15, 0.2) is 84.9 Å². The summed E-state index contributed by atoms with van der Waals surface area (Å²) in [4.78, 5) is 27.6. The molecule has 0 aromatic heterocycles. The van der Waals surface area contributed by atoms with Gasteiger partial charge in [-0.2, -0.15) is 0 Å². The molecule has 1 heterocycles.